The number of hydrogen-bond acceptors (Lipinski definition) is 5. The fourth-order valence-corrected chi connectivity index (χ4v) is 2.87. The van der Waals surface area contributed by atoms with Crippen LogP contribution in [0.4, 0.5) is 5.95 Å². The number of ether oxygens (including phenoxy) is 1. The van der Waals surface area contributed by atoms with Gasteiger partial charge in [0.25, 0.3) is 5.56 Å². The molecule has 1 aromatic heterocycles. The topological polar surface area (TPSA) is 79.9 Å². The van der Waals surface area contributed by atoms with Crippen LogP contribution in [-0.4, -0.2) is 27.8 Å². The second kappa shape index (κ2) is 7.26. The molecule has 1 aliphatic carbocycles. The minimum atomic E-state index is -0.186. The van der Waals surface area contributed by atoms with Gasteiger partial charge in [-0.3, -0.25) is 9.78 Å². The molecule has 0 radical (unpaired) electrons. The van der Waals surface area contributed by atoms with Crippen molar-refractivity contribution in [3.8, 4) is 5.75 Å². The summed E-state index contributed by atoms with van der Waals surface area (Å²) < 4.78 is 5.41. The lowest BCUT2D eigenvalue weighted by atomic mass is 10.1. The van der Waals surface area contributed by atoms with Gasteiger partial charge >= 0.3 is 0 Å². The zero-order valence-electron chi connectivity index (χ0n) is 13.3. The van der Waals surface area contributed by atoms with Gasteiger partial charge in [-0.05, 0) is 37.5 Å². The summed E-state index contributed by atoms with van der Waals surface area (Å²) in [5, 5.41) is 11.4. The molecule has 1 aliphatic rings. The van der Waals surface area contributed by atoms with Crippen LogP contribution in [-0.2, 0) is 6.42 Å². The van der Waals surface area contributed by atoms with Crippen molar-refractivity contribution in [1.82, 2.24) is 15.2 Å². The van der Waals surface area contributed by atoms with Gasteiger partial charge in [0, 0.05) is 12.5 Å². The van der Waals surface area contributed by atoms with Crippen LogP contribution < -0.4 is 15.6 Å². The van der Waals surface area contributed by atoms with Crippen LogP contribution in [0.3, 0.4) is 0 Å². The molecule has 0 saturated heterocycles. The molecule has 1 aromatic carbocycles. The SMILES string of the molecule is CCOc1ccc(Cc2nnc(NC3CCCC3)[nH]c2=O)cc1. The minimum Gasteiger partial charge on any atom is -0.494 e. The van der Waals surface area contributed by atoms with E-state index in [0.717, 1.165) is 24.2 Å². The first-order valence-electron chi connectivity index (χ1n) is 8.18. The highest BCUT2D eigenvalue weighted by atomic mass is 16.5. The summed E-state index contributed by atoms with van der Waals surface area (Å²) in [6.07, 6.45) is 5.16. The van der Waals surface area contributed by atoms with Crippen LogP contribution >= 0.6 is 0 Å². The van der Waals surface area contributed by atoms with Gasteiger partial charge in [-0.1, -0.05) is 25.0 Å². The van der Waals surface area contributed by atoms with Gasteiger partial charge in [0.15, 0.2) is 0 Å². The molecule has 0 amide bonds. The Morgan fingerprint density at radius 2 is 1.96 bits per heavy atom. The van der Waals surface area contributed by atoms with Crippen molar-refractivity contribution in [2.75, 3.05) is 11.9 Å². The van der Waals surface area contributed by atoms with Gasteiger partial charge in [-0.25, -0.2) is 0 Å². The quantitative estimate of drug-likeness (QED) is 0.856. The number of anilines is 1. The Balaban J connectivity index is 1.66. The molecule has 23 heavy (non-hydrogen) atoms. The molecule has 1 saturated carbocycles. The average molecular weight is 314 g/mol. The first kappa shape index (κ1) is 15.5. The highest BCUT2D eigenvalue weighted by Gasteiger charge is 2.16. The summed E-state index contributed by atoms with van der Waals surface area (Å²) in [5.41, 5.74) is 1.24. The van der Waals surface area contributed by atoms with Crippen molar-refractivity contribution in [1.29, 1.82) is 0 Å². The molecular weight excluding hydrogens is 292 g/mol. The van der Waals surface area contributed by atoms with E-state index in [1.165, 1.54) is 12.8 Å². The molecular formula is C17H22N4O2. The van der Waals surface area contributed by atoms with Gasteiger partial charge in [-0.2, -0.15) is 0 Å². The molecule has 0 spiro atoms. The van der Waals surface area contributed by atoms with E-state index in [9.17, 15) is 4.79 Å². The summed E-state index contributed by atoms with van der Waals surface area (Å²) in [5.74, 6) is 1.30. The highest BCUT2D eigenvalue weighted by Crippen LogP contribution is 2.20. The van der Waals surface area contributed by atoms with E-state index in [4.69, 9.17) is 4.74 Å². The molecule has 0 unspecified atom stereocenters. The van der Waals surface area contributed by atoms with Crippen molar-refractivity contribution >= 4 is 5.95 Å². The van der Waals surface area contributed by atoms with Crippen molar-refractivity contribution in [2.45, 2.75) is 45.1 Å². The maximum Gasteiger partial charge on any atom is 0.274 e. The number of nitrogens with zero attached hydrogens (tertiary/aromatic N) is 2. The van der Waals surface area contributed by atoms with E-state index < -0.39 is 0 Å². The number of rotatable bonds is 6. The molecule has 3 rings (SSSR count). The fraction of sp³-hybridized carbons (Fsp3) is 0.471. The Hall–Kier alpha value is -2.37. The minimum absolute atomic E-state index is 0.186. The van der Waals surface area contributed by atoms with E-state index in [1.54, 1.807) is 0 Å². The molecule has 122 valence electrons. The third-order valence-electron chi connectivity index (χ3n) is 4.07. The van der Waals surface area contributed by atoms with E-state index in [-0.39, 0.29) is 5.56 Å². The zero-order valence-corrected chi connectivity index (χ0v) is 13.3. The summed E-state index contributed by atoms with van der Waals surface area (Å²) in [7, 11) is 0. The molecule has 2 aromatic rings. The number of H-pyrrole nitrogens is 1. The lowest BCUT2D eigenvalue weighted by molar-refractivity contribution is 0.340. The summed E-state index contributed by atoms with van der Waals surface area (Å²) in [4.78, 5) is 15.0. The molecule has 1 heterocycles. The third kappa shape index (κ3) is 4.09. The Morgan fingerprint density at radius 3 is 2.61 bits per heavy atom. The maximum absolute atomic E-state index is 12.2. The third-order valence-corrected chi connectivity index (χ3v) is 4.07. The van der Waals surface area contributed by atoms with Crippen molar-refractivity contribution in [3.05, 3.63) is 45.9 Å². The van der Waals surface area contributed by atoms with Crippen molar-refractivity contribution in [3.63, 3.8) is 0 Å². The van der Waals surface area contributed by atoms with Crippen molar-refractivity contribution in [2.24, 2.45) is 0 Å². The van der Waals surface area contributed by atoms with Crippen LogP contribution in [0.5, 0.6) is 5.75 Å². The maximum atomic E-state index is 12.2. The second-order valence-corrected chi connectivity index (χ2v) is 5.83. The monoisotopic (exact) mass is 314 g/mol. The summed E-state index contributed by atoms with van der Waals surface area (Å²) in [6, 6.07) is 8.08. The number of hydrogen-bond donors (Lipinski definition) is 2. The second-order valence-electron chi connectivity index (χ2n) is 5.83. The number of aromatic nitrogens is 3. The molecule has 2 N–H and O–H groups in total. The average Bonchev–Trinajstić information content (AvgIpc) is 3.05. The Labute approximate surface area is 135 Å². The van der Waals surface area contributed by atoms with Gasteiger partial charge in [-0.15, -0.1) is 10.2 Å². The molecule has 0 aliphatic heterocycles. The molecule has 6 heteroatoms. The van der Waals surface area contributed by atoms with E-state index in [0.29, 0.717) is 30.7 Å². The standard InChI is InChI=1S/C17H22N4O2/c1-2-23-14-9-7-12(8-10-14)11-15-16(22)19-17(21-20-15)18-13-5-3-4-6-13/h7-10,13H,2-6,11H2,1H3,(H2,18,19,21,22). The number of aromatic amines is 1. The van der Waals surface area contributed by atoms with Gasteiger partial charge in [0.05, 0.1) is 6.61 Å². The Bertz CT molecular complexity index is 690. The lowest BCUT2D eigenvalue weighted by Gasteiger charge is -2.11. The molecule has 1 fully saturated rings. The van der Waals surface area contributed by atoms with Gasteiger partial charge < -0.3 is 10.1 Å². The first-order chi connectivity index (χ1) is 11.2. The van der Waals surface area contributed by atoms with E-state index in [2.05, 4.69) is 20.5 Å². The van der Waals surface area contributed by atoms with E-state index >= 15 is 0 Å². The predicted molar refractivity (Wildman–Crippen MR) is 88.9 cm³/mol. The molecule has 6 nitrogen and oxygen atoms in total. The van der Waals surface area contributed by atoms with Crippen molar-refractivity contribution < 1.29 is 4.74 Å². The molecule has 0 atom stereocenters. The number of nitrogens with one attached hydrogen (secondary N) is 2. The predicted octanol–water partition coefficient (Wildman–Crippen LogP) is 2.51. The first-order valence-corrected chi connectivity index (χ1v) is 8.18. The largest absolute Gasteiger partial charge is 0.494 e. The Morgan fingerprint density at radius 1 is 1.22 bits per heavy atom. The zero-order chi connectivity index (χ0) is 16.1. The number of benzene rings is 1. The fourth-order valence-electron chi connectivity index (χ4n) is 2.87. The van der Waals surface area contributed by atoms with Crippen LogP contribution in [0.25, 0.3) is 0 Å². The van der Waals surface area contributed by atoms with Crippen LogP contribution in [0.2, 0.25) is 0 Å². The lowest BCUT2D eigenvalue weighted by Crippen LogP contribution is -2.23. The summed E-state index contributed by atoms with van der Waals surface area (Å²) in [6.45, 7) is 2.59. The van der Waals surface area contributed by atoms with Gasteiger partial charge in [0.2, 0.25) is 5.95 Å². The summed E-state index contributed by atoms with van der Waals surface area (Å²) >= 11 is 0. The Kier molecular flexibility index (Phi) is 4.90. The van der Waals surface area contributed by atoms with Crippen LogP contribution in [0.1, 0.15) is 43.9 Å². The molecule has 0 bridgehead atoms. The highest BCUT2D eigenvalue weighted by molar-refractivity contribution is 5.30. The van der Waals surface area contributed by atoms with E-state index in [1.807, 2.05) is 31.2 Å². The smallest absolute Gasteiger partial charge is 0.274 e. The van der Waals surface area contributed by atoms with Crippen LogP contribution in [0.15, 0.2) is 29.1 Å². The van der Waals surface area contributed by atoms with Crippen LogP contribution in [0, 0.1) is 0 Å². The normalized spacial score (nSPS) is 14.8. The van der Waals surface area contributed by atoms with Gasteiger partial charge in [0.1, 0.15) is 11.4 Å².